The zero-order chi connectivity index (χ0) is 13.9. The number of amidine groups is 1. The first-order chi connectivity index (χ1) is 9.13. The Morgan fingerprint density at radius 2 is 2.21 bits per heavy atom. The Kier molecular flexibility index (Phi) is 4.89. The quantitative estimate of drug-likeness (QED) is 0.356. The minimum absolute atomic E-state index is 0.158. The molecule has 2 saturated heterocycles. The Morgan fingerprint density at radius 3 is 2.68 bits per heavy atom. The zero-order valence-electron chi connectivity index (χ0n) is 11.2. The van der Waals surface area contributed by atoms with E-state index >= 15 is 0 Å². The van der Waals surface area contributed by atoms with Crippen molar-refractivity contribution in [2.24, 2.45) is 10.9 Å². The summed E-state index contributed by atoms with van der Waals surface area (Å²) < 4.78 is -0.311. The van der Waals surface area contributed by atoms with E-state index in [4.69, 9.17) is 10.9 Å². The Morgan fingerprint density at radius 1 is 1.53 bits per heavy atom. The number of likely N-dealkylation sites (tertiary alicyclic amines) is 1. The minimum atomic E-state index is -0.311. The molecule has 1 atom stereocenters. The molecule has 1 amide bonds. The smallest absolute Gasteiger partial charge is 0.235 e. The first kappa shape index (κ1) is 14.8. The highest BCUT2D eigenvalue weighted by Gasteiger charge is 2.40. The van der Waals surface area contributed by atoms with Crippen molar-refractivity contribution < 1.29 is 10.0 Å². The van der Waals surface area contributed by atoms with Crippen molar-refractivity contribution in [3.63, 3.8) is 0 Å². The largest absolute Gasteiger partial charge is 0.409 e. The maximum Gasteiger partial charge on any atom is 0.235 e. The van der Waals surface area contributed by atoms with Crippen LogP contribution in [-0.4, -0.2) is 56.9 Å². The Labute approximate surface area is 122 Å². The predicted molar refractivity (Wildman–Crippen MR) is 80.9 cm³/mol. The molecule has 2 aliphatic heterocycles. The maximum atomic E-state index is 12.3. The number of rotatable bonds is 3. The fraction of sp³-hybridized carbons (Fsp3) is 0.833. The highest BCUT2D eigenvalue weighted by molar-refractivity contribution is 8.01. The molecule has 5 nitrogen and oxygen atoms in total. The molecule has 0 aromatic heterocycles. The van der Waals surface area contributed by atoms with Gasteiger partial charge in [-0.05, 0) is 37.7 Å². The third-order valence-electron chi connectivity index (χ3n) is 4.05. The number of thioether (sulfide) groups is 2. The van der Waals surface area contributed by atoms with Crippen LogP contribution in [0.3, 0.4) is 0 Å². The number of amides is 1. The number of nitrogens with two attached hydrogens (primary N) is 1. The monoisotopic (exact) mass is 303 g/mol. The van der Waals surface area contributed by atoms with Gasteiger partial charge in [-0.1, -0.05) is 5.16 Å². The van der Waals surface area contributed by atoms with Gasteiger partial charge >= 0.3 is 0 Å². The summed E-state index contributed by atoms with van der Waals surface area (Å²) in [6.45, 7) is 1.40. The SMILES string of the molecule is CSC1(C(N)=NO)CCN(C(=O)C2CCCS2)CC1. The molecule has 2 rings (SSSR count). The lowest BCUT2D eigenvalue weighted by Gasteiger charge is -2.40. The highest BCUT2D eigenvalue weighted by Crippen LogP contribution is 2.36. The molecule has 0 saturated carbocycles. The molecule has 0 radical (unpaired) electrons. The molecule has 2 aliphatic rings. The van der Waals surface area contributed by atoms with Gasteiger partial charge in [-0.2, -0.15) is 11.8 Å². The number of oxime groups is 1. The Bertz CT molecular complexity index is 362. The normalized spacial score (nSPS) is 27.5. The lowest BCUT2D eigenvalue weighted by atomic mass is 9.94. The molecule has 1 unspecified atom stereocenters. The van der Waals surface area contributed by atoms with Crippen molar-refractivity contribution in [3.8, 4) is 0 Å². The average molecular weight is 303 g/mol. The van der Waals surface area contributed by atoms with Crippen molar-refractivity contribution in [2.75, 3.05) is 25.1 Å². The van der Waals surface area contributed by atoms with Crippen LogP contribution in [0.1, 0.15) is 25.7 Å². The fourth-order valence-electron chi connectivity index (χ4n) is 2.72. The number of hydrogen-bond acceptors (Lipinski definition) is 5. The van der Waals surface area contributed by atoms with E-state index in [1.807, 2.05) is 11.2 Å². The summed E-state index contributed by atoms with van der Waals surface area (Å²) in [7, 11) is 0. The summed E-state index contributed by atoms with van der Waals surface area (Å²) >= 11 is 3.39. The molecular weight excluding hydrogens is 282 g/mol. The molecule has 19 heavy (non-hydrogen) atoms. The summed E-state index contributed by atoms with van der Waals surface area (Å²) in [5, 5.41) is 12.2. The Hall–Kier alpha value is -0.560. The second kappa shape index (κ2) is 6.26. The zero-order valence-corrected chi connectivity index (χ0v) is 12.8. The van der Waals surface area contributed by atoms with E-state index in [2.05, 4.69) is 5.16 Å². The summed E-state index contributed by atoms with van der Waals surface area (Å²) in [5.74, 6) is 1.65. The summed E-state index contributed by atoms with van der Waals surface area (Å²) in [6, 6.07) is 0. The molecule has 108 valence electrons. The van der Waals surface area contributed by atoms with Gasteiger partial charge in [0.2, 0.25) is 5.91 Å². The lowest BCUT2D eigenvalue weighted by molar-refractivity contribution is -0.131. The van der Waals surface area contributed by atoms with Crippen LogP contribution >= 0.6 is 23.5 Å². The summed E-state index contributed by atoms with van der Waals surface area (Å²) in [6.07, 6.45) is 5.64. The van der Waals surface area contributed by atoms with Crippen LogP contribution in [0.2, 0.25) is 0 Å². The van der Waals surface area contributed by atoms with Crippen LogP contribution < -0.4 is 5.73 Å². The number of hydrogen-bond donors (Lipinski definition) is 2. The van der Waals surface area contributed by atoms with Crippen LogP contribution in [0.4, 0.5) is 0 Å². The van der Waals surface area contributed by atoms with E-state index < -0.39 is 0 Å². The predicted octanol–water partition coefficient (Wildman–Crippen LogP) is 1.35. The molecule has 3 N–H and O–H groups in total. The van der Waals surface area contributed by atoms with Gasteiger partial charge in [-0.15, -0.1) is 11.8 Å². The van der Waals surface area contributed by atoms with E-state index in [1.54, 1.807) is 23.5 Å². The van der Waals surface area contributed by atoms with E-state index in [1.165, 1.54) is 0 Å². The number of piperidine rings is 1. The van der Waals surface area contributed by atoms with Gasteiger partial charge in [-0.3, -0.25) is 4.79 Å². The van der Waals surface area contributed by atoms with E-state index in [9.17, 15) is 4.79 Å². The van der Waals surface area contributed by atoms with Crippen molar-refractivity contribution in [3.05, 3.63) is 0 Å². The fourth-order valence-corrected chi connectivity index (χ4v) is 4.80. The third-order valence-corrected chi connectivity index (χ3v) is 6.82. The Balaban J connectivity index is 1.96. The number of carbonyl (C=O) groups is 1. The van der Waals surface area contributed by atoms with Gasteiger partial charge in [0.15, 0.2) is 5.84 Å². The van der Waals surface area contributed by atoms with Gasteiger partial charge in [0.1, 0.15) is 0 Å². The highest BCUT2D eigenvalue weighted by atomic mass is 32.2. The van der Waals surface area contributed by atoms with E-state index in [0.29, 0.717) is 13.1 Å². The van der Waals surface area contributed by atoms with Crippen LogP contribution in [0.15, 0.2) is 5.16 Å². The summed E-state index contributed by atoms with van der Waals surface area (Å²) in [4.78, 5) is 14.3. The first-order valence-electron chi connectivity index (χ1n) is 6.56. The standard InChI is InChI=1S/C12H21N3O2S2/c1-18-12(11(13)14-17)4-6-15(7-5-12)10(16)9-3-2-8-19-9/h9,17H,2-8H2,1H3,(H2,13,14). The number of carbonyl (C=O) groups excluding carboxylic acids is 1. The summed E-state index contributed by atoms with van der Waals surface area (Å²) in [5.41, 5.74) is 5.81. The third kappa shape index (κ3) is 2.97. The van der Waals surface area contributed by atoms with Gasteiger partial charge in [0.05, 0.1) is 10.00 Å². The van der Waals surface area contributed by atoms with E-state index in [-0.39, 0.29) is 21.7 Å². The van der Waals surface area contributed by atoms with Gasteiger partial charge in [0, 0.05) is 13.1 Å². The van der Waals surface area contributed by atoms with Crippen molar-refractivity contribution in [1.29, 1.82) is 0 Å². The lowest BCUT2D eigenvalue weighted by Crippen LogP contribution is -2.52. The first-order valence-corrected chi connectivity index (χ1v) is 8.84. The van der Waals surface area contributed by atoms with Gasteiger partial charge < -0.3 is 15.8 Å². The molecule has 0 bridgehead atoms. The topological polar surface area (TPSA) is 78.9 Å². The maximum absolute atomic E-state index is 12.3. The number of nitrogens with zero attached hydrogens (tertiary/aromatic N) is 2. The second-order valence-electron chi connectivity index (χ2n) is 5.01. The van der Waals surface area contributed by atoms with Crippen LogP contribution in [0.25, 0.3) is 0 Å². The van der Waals surface area contributed by atoms with Crippen molar-refractivity contribution in [1.82, 2.24) is 4.90 Å². The molecule has 0 aromatic rings. The molecule has 0 aliphatic carbocycles. The molecule has 0 spiro atoms. The molecular formula is C12H21N3O2S2. The molecule has 2 heterocycles. The van der Waals surface area contributed by atoms with Crippen molar-refractivity contribution in [2.45, 2.75) is 35.7 Å². The van der Waals surface area contributed by atoms with Gasteiger partial charge in [-0.25, -0.2) is 0 Å². The van der Waals surface area contributed by atoms with E-state index in [0.717, 1.165) is 31.4 Å². The molecule has 0 aromatic carbocycles. The molecule has 7 heteroatoms. The van der Waals surface area contributed by atoms with Crippen LogP contribution in [0.5, 0.6) is 0 Å². The van der Waals surface area contributed by atoms with Gasteiger partial charge in [0.25, 0.3) is 0 Å². The molecule has 2 fully saturated rings. The average Bonchev–Trinajstić information content (AvgIpc) is 3.00. The van der Waals surface area contributed by atoms with Crippen LogP contribution in [-0.2, 0) is 4.79 Å². The van der Waals surface area contributed by atoms with Crippen molar-refractivity contribution >= 4 is 35.3 Å². The second-order valence-corrected chi connectivity index (χ2v) is 7.51. The van der Waals surface area contributed by atoms with Crippen LogP contribution in [0, 0.1) is 0 Å². The minimum Gasteiger partial charge on any atom is -0.409 e.